The predicted octanol–water partition coefficient (Wildman–Crippen LogP) is -1.92. The van der Waals surface area contributed by atoms with Crippen LogP contribution in [0.25, 0.3) is 0 Å². The first-order chi connectivity index (χ1) is 7.42. The number of nitrogens with one attached hydrogen (secondary N) is 1. The molecule has 0 bridgehead atoms. The Morgan fingerprint density at radius 2 is 2.19 bits per heavy atom. The summed E-state index contributed by atoms with van der Waals surface area (Å²) in [5.41, 5.74) is 0. The molecule has 0 saturated heterocycles. The normalized spacial score (nSPS) is 17.1. The molecule has 0 fully saturated rings. The van der Waals surface area contributed by atoms with Crippen LogP contribution in [0.15, 0.2) is 0 Å². The first-order valence-electron chi connectivity index (χ1n) is 4.26. The van der Waals surface area contributed by atoms with E-state index in [9.17, 15) is 19.3 Å². The zero-order valence-electron chi connectivity index (χ0n) is 8.44. The summed E-state index contributed by atoms with van der Waals surface area (Å²) in [4.78, 5) is 29.6. The first kappa shape index (κ1) is 15.1. The lowest BCUT2D eigenvalue weighted by Gasteiger charge is -2.22. The van der Waals surface area contributed by atoms with Gasteiger partial charge in [-0.15, -0.1) is 9.42 Å². The average Bonchev–Trinajstić information content (AvgIpc) is 2.20. The second-order valence-electron chi connectivity index (χ2n) is 2.92. The van der Waals surface area contributed by atoms with Gasteiger partial charge in [-0.3, -0.25) is 4.79 Å². The van der Waals surface area contributed by atoms with Gasteiger partial charge in [-0.25, -0.2) is 0 Å². The fourth-order valence-electron chi connectivity index (χ4n) is 1.00. The van der Waals surface area contributed by atoms with Crippen LogP contribution in [0.2, 0.25) is 0 Å². The number of carbonyl (C=O) groups excluding carboxylic acids is 2. The molecule has 0 aliphatic rings. The van der Waals surface area contributed by atoms with Crippen molar-refractivity contribution in [3.8, 4) is 0 Å². The number of amides is 1. The number of hydrogen-bond donors (Lipinski definition) is 4. The lowest BCUT2D eigenvalue weighted by Crippen LogP contribution is -2.50. The van der Waals surface area contributed by atoms with Crippen LogP contribution >= 0.6 is 8.25 Å². The van der Waals surface area contributed by atoms with E-state index in [4.69, 9.17) is 10.00 Å². The number of aliphatic hydroxyl groups excluding tert-OH is 2. The third-order valence-electron chi connectivity index (χ3n) is 1.68. The quantitative estimate of drug-likeness (QED) is 0.307. The Morgan fingerprint density at radius 1 is 1.62 bits per heavy atom. The third kappa shape index (κ3) is 5.24. The maximum atomic E-state index is 10.7. The Kier molecular flexibility index (Phi) is 6.95. The van der Waals surface area contributed by atoms with Gasteiger partial charge in [0.05, 0.1) is 12.6 Å². The Labute approximate surface area is 92.2 Å². The van der Waals surface area contributed by atoms with E-state index in [0.717, 1.165) is 6.92 Å². The van der Waals surface area contributed by atoms with Crippen molar-refractivity contribution in [3.63, 3.8) is 0 Å². The molecule has 1 amide bonds. The molecule has 0 aromatic carbocycles. The Morgan fingerprint density at radius 3 is 2.50 bits per heavy atom. The number of aldehydes is 1. The van der Waals surface area contributed by atoms with Crippen LogP contribution < -0.4 is 5.32 Å². The molecule has 0 aromatic heterocycles. The van der Waals surface area contributed by atoms with Gasteiger partial charge in [-0.05, 0) is 0 Å². The van der Waals surface area contributed by atoms with E-state index < -0.39 is 39.0 Å². The molecular formula is C7H13NO7P+. The highest BCUT2D eigenvalue weighted by molar-refractivity contribution is 7.32. The van der Waals surface area contributed by atoms with Gasteiger partial charge < -0.3 is 20.3 Å². The summed E-state index contributed by atoms with van der Waals surface area (Å²) in [6, 6.07) is -1.15. The summed E-state index contributed by atoms with van der Waals surface area (Å²) in [6.45, 7) is 0.509. The van der Waals surface area contributed by atoms with E-state index in [1.165, 1.54) is 0 Å². The number of carbonyl (C=O) groups is 2. The van der Waals surface area contributed by atoms with Crippen LogP contribution in [0.4, 0.5) is 0 Å². The van der Waals surface area contributed by atoms with Gasteiger partial charge in [0.15, 0.2) is 12.4 Å². The largest absolute Gasteiger partial charge is 0.695 e. The van der Waals surface area contributed by atoms with Crippen LogP contribution in [0.5, 0.6) is 0 Å². The van der Waals surface area contributed by atoms with Gasteiger partial charge >= 0.3 is 8.25 Å². The summed E-state index contributed by atoms with van der Waals surface area (Å²) in [5.74, 6) is -0.531. The molecule has 9 heteroatoms. The van der Waals surface area contributed by atoms with Crippen LogP contribution in [0, 0.1) is 0 Å². The maximum Gasteiger partial charge on any atom is 0.695 e. The molecule has 0 aliphatic carbocycles. The highest BCUT2D eigenvalue weighted by atomic mass is 31.1. The van der Waals surface area contributed by atoms with Crippen molar-refractivity contribution in [1.82, 2.24) is 5.32 Å². The summed E-state index contributed by atoms with van der Waals surface area (Å²) in [7, 11) is -3.06. The summed E-state index contributed by atoms with van der Waals surface area (Å²) in [6.07, 6.45) is -3.10. The topological polar surface area (TPSA) is 133 Å². The van der Waals surface area contributed by atoms with E-state index >= 15 is 0 Å². The number of aliphatic hydroxyl groups is 2. The minimum Gasteiger partial charge on any atom is -0.394 e. The standard InChI is InChI=1S/C7H12NO7P/c1-4(11)8-5(2-9)7(12)6(3-10)15-16(13)14/h3,5-7,9,12H,2H2,1H3,(H-,8,11,13,14)/p+1/t5?,6?,7-/m1/s1. The molecule has 0 aromatic rings. The molecular weight excluding hydrogens is 241 g/mol. The van der Waals surface area contributed by atoms with Crippen molar-refractivity contribution in [2.75, 3.05) is 6.61 Å². The summed E-state index contributed by atoms with van der Waals surface area (Å²) < 4.78 is 14.5. The van der Waals surface area contributed by atoms with E-state index in [-0.39, 0.29) is 6.29 Å². The smallest absolute Gasteiger partial charge is 0.394 e. The molecule has 92 valence electrons. The average molecular weight is 254 g/mol. The van der Waals surface area contributed by atoms with Gasteiger partial charge in [-0.2, -0.15) is 0 Å². The predicted molar refractivity (Wildman–Crippen MR) is 51.5 cm³/mol. The Hall–Kier alpha value is -0.920. The van der Waals surface area contributed by atoms with Gasteiger partial charge in [0.2, 0.25) is 5.91 Å². The van der Waals surface area contributed by atoms with Crippen molar-refractivity contribution in [2.45, 2.75) is 25.2 Å². The van der Waals surface area contributed by atoms with Crippen molar-refractivity contribution in [1.29, 1.82) is 0 Å². The lowest BCUT2D eigenvalue weighted by atomic mass is 10.1. The van der Waals surface area contributed by atoms with E-state index in [1.54, 1.807) is 0 Å². The van der Waals surface area contributed by atoms with Gasteiger partial charge in [0.1, 0.15) is 6.10 Å². The summed E-state index contributed by atoms with van der Waals surface area (Å²) >= 11 is 0. The lowest BCUT2D eigenvalue weighted by molar-refractivity contribution is -0.125. The molecule has 0 spiro atoms. The summed E-state index contributed by atoms with van der Waals surface area (Å²) in [5, 5.41) is 20.5. The second kappa shape index (κ2) is 7.37. The van der Waals surface area contributed by atoms with Gasteiger partial charge in [0.25, 0.3) is 0 Å². The fourth-order valence-corrected chi connectivity index (χ4v) is 1.38. The molecule has 3 unspecified atom stereocenters. The van der Waals surface area contributed by atoms with E-state index in [1.807, 2.05) is 0 Å². The molecule has 0 saturated carbocycles. The van der Waals surface area contributed by atoms with Crippen LogP contribution in [0.3, 0.4) is 0 Å². The highest BCUT2D eigenvalue weighted by Crippen LogP contribution is 2.19. The molecule has 4 atom stereocenters. The number of rotatable bonds is 7. The molecule has 0 aliphatic heterocycles. The van der Waals surface area contributed by atoms with Crippen molar-refractivity contribution >= 4 is 20.4 Å². The van der Waals surface area contributed by atoms with E-state index in [0.29, 0.717) is 0 Å². The molecule has 0 radical (unpaired) electrons. The van der Waals surface area contributed by atoms with Crippen molar-refractivity contribution in [3.05, 3.63) is 0 Å². The fraction of sp³-hybridized carbons (Fsp3) is 0.714. The number of hydrogen-bond acceptors (Lipinski definition) is 6. The minimum atomic E-state index is -3.06. The monoisotopic (exact) mass is 254 g/mol. The van der Waals surface area contributed by atoms with Crippen LogP contribution in [-0.4, -0.2) is 52.2 Å². The molecule has 16 heavy (non-hydrogen) atoms. The second-order valence-corrected chi connectivity index (χ2v) is 3.61. The highest BCUT2D eigenvalue weighted by Gasteiger charge is 2.35. The van der Waals surface area contributed by atoms with Gasteiger partial charge in [-0.1, -0.05) is 0 Å². The van der Waals surface area contributed by atoms with Crippen molar-refractivity contribution in [2.24, 2.45) is 0 Å². The maximum absolute atomic E-state index is 10.7. The molecule has 0 heterocycles. The van der Waals surface area contributed by atoms with E-state index in [2.05, 4.69) is 9.84 Å². The van der Waals surface area contributed by atoms with Gasteiger partial charge in [0, 0.05) is 11.5 Å². The van der Waals surface area contributed by atoms with Crippen LogP contribution in [-0.2, 0) is 18.7 Å². The zero-order chi connectivity index (χ0) is 12.7. The van der Waals surface area contributed by atoms with Crippen molar-refractivity contribution < 1.29 is 33.8 Å². The SMILES string of the molecule is CC(=O)NC(CO)[C@@H](O)C(C=O)O[P+](=O)O. The minimum absolute atomic E-state index is 0.110. The first-order valence-corrected chi connectivity index (χ1v) is 5.39. The van der Waals surface area contributed by atoms with Crippen LogP contribution in [0.1, 0.15) is 6.92 Å². The Bertz CT molecular complexity index is 271. The molecule has 0 rings (SSSR count). The molecule has 8 nitrogen and oxygen atoms in total. The third-order valence-corrected chi connectivity index (χ3v) is 2.10. The zero-order valence-corrected chi connectivity index (χ0v) is 9.33. The Balaban J connectivity index is 4.54. The molecule has 4 N–H and O–H groups in total.